The fourth-order valence-electron chi connectivity index (χ4n) is 2.89. The molecule has 2 amide bonds. The van der Waals surface area contributed by atoms with Gasteiger partial charge in [-0.25, -0.2) is 19.1 Å². The Bertz CT molecular complexity index is 965. The molecule has 0 saturated carbocycles. The molecule has 2 aromatic rings. The van der Waals surface area contributed by atoms with Crippen molar-refractivity contribution < 1.29 is 38.2 Å². The van der Waals surface area contributed by atoms with Gasteiger partial charge in [0.05, 0.1) is 12.3 Å². The number of rotatable bonds is 9. The lowest BCUT2D eigenvalue weighted by molar-refractivity contribution is -0.125. The largest absolute Gasteiger partial charge is 0.491 e. The van der Waals surface area contributed by atoms with Gasteiger partial charge in [0.2, 0.25) is 0 Å². The minimum Gasteiger partial charge on any atom is -0.491 e. The molecule has 4 N–H and O–H groups in total. The summed E-state index contributed by atoms with van der Waals surface area (Å²) in [7, 11) is 0. The van der Waals surface area contributed by atoms with Crippen LogP contribution in [0.15, 0.2) is 54.1 Å². The number of hydrogen-bond acceptors (Lipinski definition) is 6. The number of carbonyl (C=O) groups excluding carboxylic acids is 2. The first kappa shape index (κ1) is 24.8. The molecule has 0 radical (unpaired) electrons. The summed E-state index contributed by atoms with van der Waals surface area (Å²) in [5.41, 5.74) is 1.98. The molecular formula is C22H24F2N2O6. The van der Waals surface area contributed by atoms with Crippen molar-refractivity contribution in [2.45, 2.75) is 20.0 Å². The summed E-state index contributed by atoms with van der Waals surface area (Å²) in [5, 5.41) is 19.9. The number of carbonyl (C=O) groups is 2. The van der Waals surface area contributed by atoms with Crippen molar-refractivity contribution in [2.24, 2.45) is 5.92 Å². The first-order chi connectivity index (χ1) is 15.2. The molecule has 0 aromatic heterocycles. The highest BCUT2D eigenvalue weighted by atomic mass is 19.1. The smallest absolute Gasteiger partial charge is 0.412 e. The molecule has 10 heteroatoms. The molecule has 8 nitrogen and oxygen atoms in total. The van der Waals surface area contributed by atoms with Gasteiger partial charge < -0.3 is 14.6 Å². The zero-order chi connectivity index (χ0) is 23.7. The molecular weight excluding hydrogens is 426 g/mol. The van der Waals surface area contributed by atoms with Crippen LogP contribution in [0.5, 0.6) is 5.75 Å². The van der Waals surface area contributed by atoms with Crippen molar-refractivity contribution in [1.82, 2.24) is 5.48 Å². The Hall–Kier alpha value is -3.50. The molecule has 2 aromatic carbocycles. The maximum absolute atomic E-state index is 13.9. The molecule has 0 spiro atoms. The van der Waals surface area contributed by atoms with Gasteiger partial charge in [0.1, 0.15) is 30.1 Å². The van der Waals surface area contributed by atoms with Gasteiger partial charge in [-0.2, -0.15) is 0 Å². The van der Waals surface area contributed by atoms with Gasteiger partial charge in [0.15, 0.2) is 0 Å². The number of aliphatic hydroxyl groups is 1. The Balaban J connectivity index is 2.26. The van der Waals surface area contributed by atoms with E-state index in [1.165, 1.54) is 18.5 Å². The average molecular weight is 450 g/mol. The van der Waals surface area contributed by atoms with Crippen LogP contribution in [0.4, 0.5) is 19.3 Å². The number of hydroxylamine groups is 1. The molecule has 0 aliphatic heterocycles. The summed E-state index contributed by atoms with van der Waals surface area (Å²) < 4.78 is 37.7. The molecule has 0 unspecified atom stereocenters. The van der Waals surface area contributed by atoms with E-state index < -0.39 is 35.7 Å². The Labute approximate surface area is 183 Å². The molecule has 32 heavy (non-hydrogen) atoms. The van der Waals surface area contributed by atoms with Crippen LogP contribution >= 0.6 is 0 Å². The normalized spacial score (nSPS) is 13.1. The highest BCUT2D eigenvalue weighted by molar-refractivity contribution is 5.91. The quantitative estimate of drug-likeness (QED) is 0.263. The SMILES string of the molecule is C/C(=C\[C@H](C)[C@@H](OC(=O)Nc1ccc(F)cc1F)c1ccc(OCCO)cc1)C(=O)NO. The summed E-state index contributed by atoms with van der Waals surface area (Å²) in [4.78, 5) is 24.1. The molecule has 0 heterocycles. The van der Waals surface area contributed by atoms with Crippen molar-refractivity contribution in [2.75, 3.05) is 18.5 Å². The van der Waals surface area contributed by atoms with E-state index in [9.17, 15) is 18.4 Å². The molecule has 0 aliphatic carbocycles. The van der Waals surface area contributed by atoms with E-state index in [0.717, 1.165) is 12.1 Å². The number of halogens is 2. The lowest BCUT2D eigenvalue weighted by atomic mass is 9.95. The number of benzene rings is 2. The van der Waals surface area contributed by atoms with E-state index in [1.807, 2.05) is 0 Å². The third-order valence-corrected chi connectivity index (χ3v) is 4.42. The van der Waals surface area contributed by atoms with E-state index in [1.54, 1.807) is 31.2 Å². The van der Waals surface area contributed by atoms with Crippen molar-refractivity contribution in [3.63, 3.8) is 0 Å². The Kier molecular flexibility index (Phi) is 9.11. The topological polar surface area (TPSA) is 117 Å². The van der Waals surface area contributed by atoms with Gasteiger partial charge in [-0.05, 0) is 36.8 Å². The fourth-order valence-corrected chi connectivity index (χ4v) is 2.89. The zero-order valence-electron chi connectivity index (χ0n) is 17.5. The van der Waals surface area contributed by atoms with Gasteiger partial charge in [-0.3, -0.25) is 15.3 Å². The van der Waals surface area contributed by atoms with Gasteiger partial charge in [-0.1, -0.05) is 25.1 Å². The highest BCUT2D eigenvalue weighted by Gasteiger charge is 2.24. The molecule has 0 bridgehead atoms. The van der Waals surface area contributed by atoms with E-state index in [2.05, 4.69) is 5.32 Å². The highest BCUT2D eigenvalue weighted by Crippen LogP contribution is 2.30. The first-order valence-corrected chi connectivity index (χ1v) is 9.64. The number of anilines is 1. The minimum absolute atomic E-state index is 0.111. The summed E-state index contributed by atoms with van der Waals surface area (Å²) in [6.45, 7) is 3.11. The number of amides is 2. The Morgan fingerprint density at radius 1 is 1.16 bits per heavy atom. The van der Waals surface area contributed by atoms with Crippen LogP contribution in [0, 0.1) is 17.6 Å². The van der Waals surface area contributed by atoms with Gasteiger partial charge in [0.25, 0.3) is 5.91 Å². The number of aliphatic hydroxyl groups excluding tert-OH is 1. The summed E-state index contributed by atoms with van der Waals surface area (Å²) in [5.74, 6) is -2.54. The fraction of sp³-hybridized carbons (Fsp3) is 0.273. The third-order valence-electron chi connectivity index (χ3n) is 4.42. The molecule has 0 saturated heterocycles. The van der Waals surface area contributed by atoms with Crippen LogP contribution in [0.2, 0.25) is 0 Å². The Morgan fingerprint density at radius 2 is 1.84 bits per heavy atom. The molecule has 2 rings (SSSR count). The minimum atomic E-state index is -0.995. The second kappa shape index (κ2) is 11.8. The average Bonchev–Trinajstić information content (AvgIpc) is 2.77. The van der Waals surface area contributed by atoms with Crippen LogP contribution in [0.3, 0.4) is 0 Å². The van der Waals surface area contributed by atoms with Crippen molar-refractivity contribution in [3.8, 4) is 5.75 Å². The number of nitrogens with one attached hydrogen (secondary N) is 2. The van der Waals surface area contributed by atoms with Crippen molar-refractivity contribution in [1.29, 1.82) is 0 Å². The lowest BCUT2D eigenvalue weighted by Gasteiger charge is -2.23. The summed E-state index contributed by atoms with van der Waals surface area (Å²) in [6, 6.07) is 9.17. The second-order valence-electron chi connectivity index (χ2n) is 6.87. The van der Waals surface area contributed by atoms with Crippen LogP contribution in [0.1, 0.15) is 25.5 Å². The molecule has 172 valence electrons. The van der Waals surface area contributed by atoms with Crippen LogP contribution in [0.25, 0.3) is 0 Å². The van der Waals surface area contributed by atoms with Crippen molar-refractivity contribution in [3.05, 3.63) is 71.3 Å². The zero-order valence-corrected chi connectivity index (χ0v) is 17.5. The third kappa shape index (κ3) is 7.03. The maximum atomic E-state index is 13.9. The van der Waals surface area contributed by atoms with E-state index in [-0.39, 0.29) is 24.5 Å². The van der Waals surface area contributed by atoms with Crippen LogP contribution < -0.4 is 15.5 Å². The van der Waals surface area contributed by atoms with E-state index in [0.29, 0.717) is 17.4 Å². The maximum Gasteiger partial charge on any atom is 0.412 e. The lowest BCUT2D eigenvalue weighted by Crippen LogP contribution is -2.23. The predicted octanol–water partition coefficient (Wildman–Crippen LogP) is 3.71. The standard InChI is InChI=1S/C22H24F2N2O6/c1-13(11-14(2)21(28)26-30)20(15-3-6-17(7-4-15)31-10-9-27)32-22(29)25-19-8-5-16(23)12-18(19)24/h3-8,11-13,20,27,30H,9-10H2,1-2H3,(H,25,29)(H,26,28)/b14-11+/t13-,20+/m0/s1. The monoisotopic (exact) mass is 450 g/mol. The second-order valence-corrected chi connectivity index (χ2v) is 6.87. The molecule has 2 atom stereocenters. The van der Waals surface area contributed by atoms with Crippen LogP contribution in [-0.4, -0.2) is 35.5 Å². The van der Waals surface area contributed by atoms with Gasteiger partial charge in [0, 0.05) is 17.6 Å². The van der Waals surface area contributed by atoms with Gasteiger partial charge >= 0.3 is 6.09 Å². The molecule has 0 fully saturated rings. The van der Waals surface area contributed by atoms with Crippen LogP contribution in [-0.2, 0) is 9.53 Å². The molecule has 0 aliphatic rings. The van der Waals surface area contributed by atoms with E-state index in [4.69, 9.17) is 19.8 Å². The van der Waals surface area contributed by atoms with E-state index >= 15 is 0 Å². The predicted molar refractivity (Wildman–Crippen MR) is 111 cm³/mol. The van der Waals surface area contributed by atoms with Crippen molar-refractivity contribution >= 4 is 17.7 Å². The Morgan fingerprint density at radius 3 is 2.44 bits per heavy atom. The van der Waals surface area contributed by atoms with Gasteiger partial charge in [-0.15, -0.1) is 0 Å². The summed E-state index contributed by atoms with van der Waals surface area (Å²) >= 11 is 0. The summed E-state index contributed by atoms with van der Waals surface area (Å²) in [6.07, 6.45) is -0.407. The first-order valence-electron chi connectivity index (χ1n) is 9.64. The number of hydrogen-bond donors (Lipinski definition) is 4. The number of ether oxygens (including phenoxy) is 2.